The first-order chi connectivity index (χ1) is 7.89. The van der Waals surface area contributed by atoms with Crippen LogP contribution in [0.25, 0.3) is 0 Å². The highest BCUT2D eigenvalue weighted by Gasteiger charge is 2.31. The maximum Gasteiger partial charge on any atom is 0.349 e. The van der Waals surface area contributed by atoms with Crippen molar-refractivity contribution in [2.75, 3.05) is 12.8 Å². The Morgan fingerprint density at radius 2 is 2.00 bits per heavy atom. The third-order valence-electron chi connectivity index (χ3n) is 2.45. The molecule has 0 atom stereocenters. The maximum atomic E-state index is 11.5. The molecule has 17 heavy (non-hydrogen) atoms. The molecule has 0 saturated heterocycles. The van der Waals surface area contributed by atoms with Crippen LogP contribution in [0.15, 0.2) is 18.2 Å². The van der Waals surface area contributed by atoms with Crippen LogP contribution in [0.4, 0.5) is 5.69 Å². The van der Waals surface area contributed by atoms with Crippen LogP contribution in [0.2, 0.25) is 0 Å². The molecule has 4 nitrogen and oxygen atoms in total. The van der Waals surface area contributed by atoms with E-state index < -0.39 is 11.6 Å². The minimum atomic E-state index is -1.02. The van der Waals surface area contributed by atoms with Gasteiger partial charge < -0.3 is 15.2 Å². The van der Waals surface area contributed by atoms with Crippen LogP contribution in [-0.4, -0.2) is 18.7 Å². The monoisotopic (exact) mass is 237 g/mol. The summed E-state index contributed by atoms with van der Waals surface area (Å²) in [5.41, 5.74) is 6.44. The van der Waals surface area contributed by atoms with Crippen LogP contribution in [-0.2, 0) is 16.0 Å². The molecule has 0 spiro atoms. The van der Waals surface area contributed by atoms with Crippen LogP contribution in [0.5, 0.6) is 5.75 Å². The third kappa shape index (κ3) is 3.37. The van der Waals surface area contributed by atoms with Crippen molar-refractivity contribution in [2.24, 2.45) is 0 Å². The molecule has 2 N–H and O–H groups in total. The molecule has 4 heteroatoms. The fourth-order valence-corrected chi connectivity index (χ4v) is 1.53. The molecular formula is C13H19NO3. The van der Waals surface area contributed by atoms with Gasteiger partial charge in [-0.25, -0.2) is 4.79 Å². The number of ether oxygens (including phenoxy) is 2. The fourth-order valence-electron chi connectivity index (χ4n) is 1.53. The van der Waals surface area contributed by atoms with Gasteiger partial charge in [0.15, 0.2) is 5.60 Å². The number of carbonyl (C=O) groups excluding carboxylic acids is 1. The Hall–Kier alpha value is -1.71. The summed E-state index contributed by atoms with van der Waals surface area (Å²) in [6.07, 6.45) is 0.861. The Labute approximate surface area is 102 Å². The summed E-state index contributed by atoms with van der Waals surface area (Å²) in [6.45, 7) is 5.35. The molecule has 94 valence electrons. The number of hydrogen-bond acceptors (Lipinski definition) is 4. The first kappa shape index (κ1) is 13.4. The van der Waals surface area contributed by atoms with E-state index in [0.717, 1.165) is 12.0 Å². The third-order valence-corrected chi connectivity index (χ3v) is 2.45. The topological polar surface area (TPSA) is 61.5 Å². The average Bonchev–Trinajstić information content (AvgIpc) is 2.26. The molecule has 0 amide bonds. The number of nitrogen functional groups attached to an aromatic ring is 1. The van der Waals surface area contributed by atoms with Crippen molar-refractivity contribution in [1.82, 2.24) is 0 Å². The molecular weight excluding hydrogens is 218 g/mol. The Kier molecular flexibility index (Phi) is 3.99. The number of benzene rings is 1. The van der Waals surface area contributed by atoms with Crippen molar-refractivity contribution in [2.45, 2.75) is 32.8 Å². The summed E-state index contributed by atoms with van der Waals surface area (Å²) >= 11 is 0. The zero-order valence-corrected chi connectivity index (χ0v) is 10.7. The van der Waals surface area contributed by atoms with E-state index in [0.29, 0.717) is 11.4 Å². The predicted molar refractivity (Wildman–Crippen MR) is 67.0 cm³/mol. The molecule has 0 bridgehead atoms. The van der Waals surface area contributed by atoms with E-state index in [-0.39, 0.29) is 0 Å². The molecule has 0 radical (unpaired) electrons. The first-order valence-electron chi connectivity index (χ1n) is 5.56. The molecule has 0 aliphatic heterocycles. The molecule has 0 aliphatic rings. The molecule has 1 aromatic rings. The highest BCUT2D eigenvalue weighted by atomic mass is 16.6. The number of carbonyl (C=O) groups is 1. The lowest BCUT2D eigenvalue weighted by Crippen LogP contribution is -2.39. The molecule has 0 saturated carbocycles. The number of aryl methyl sites for hydroxylation is 1. The number of anilines is 1. The summed E-state index contributed by atoms with van der Waals surface area (Å²) in [4.78, 5) is 11.5. The average molecular weight is 237 g/mol. The largest absolute Gasteiger partial charge is 0.476 e. The smallest absolute Gasteiger partial charge is 0.349 e. The van der Waals surface area contributed by atoms with Crippen molar-refractivity contribution < 1.29 is 14.3 Å². The van der Waals surface area contributed by atoms with Gasteiger partial charge in [-0.1, -0.05) is 6.92 Å². The predicted octanol–water partition coefficient (Wildman–Crippen LogP) is 2.16. The maximum absolute atomic E-state index is 11.5. The van der Waals surface area contributed by atoms with Crippen LogP contribution >= 0.6 is 0 Å². The van der Waals surface area contributed by atoms with Gasteiger partial charge in [-0.2, -0.15) is 0 Å². The molecule has 1 aromatic carbocycles. The van der Waals surface area contributed by atoms with E-state index in [4.69, 9.17) is 10.5 Å². The normalized spacial score (nSPS) is 11.1. The minimum absolute atomic E-state index is 0.419. The van der Waals surface area contributed by atoms with E-state index in [1.807, 2.05) is 19.1 Å². The van der Waals surface area contributed by atoms with Gasteiger partial charge in [0.2, 0.25) is 0 Å². The highest BCUT2D eigenvalue weighted by molar-refractivity contribution is 5.78. The summed E-state index contributed by atoms with van der Waals surface area (Å²) in [5.74, 6) is 0.162. The molecule has 0 aromatic heterocycles. The van der Waals surface area contributed by atoms with Crippen LogP contribution < -0.4 is 10.5 Å². The second-order valence-electron chi connectivity index (χ2n) is 4.37. The van der Waals surface area contributed by atoms with Gasteiger partial charge in [0.05, 0.1) is 7.11 Å². The Bertz CT molecular complexity index is 413. The van der Waals surface area contributed by atoms with Crippen molar-refractivity contribution in [1.29, 1.82) is 0 Å². The van der Waals surface area contributed by atoms with Gasteiger partial charge in [0, 0.05) is 11.8 Å². The van der Waals surface area contributed by atoms with E-state index in [1.54, 1.807) is 19.9 Å². The summed E-state index contributed by atoms with van der Waals surface area (Å²) < 4.78 is 10.3. The lowest BCUT2D eigenvalue weighted by molar-refractivity contribution is -0.156. The van der Waals surface area contributed by atoms with Crippen LogP contribution in [0, 0.1) is 0 Å². The first-order valence-corrected chi connectivity index (χ1v) is 5.56. The van der Waals surface area contributed by atoms with Crippen molar-refractivity contribution in [3.8, 4) is 5.75 Å². The van der Waals surface area contributed by atoms with E-state index >= 15 is 0 Å². The molecule has 0 heterocycles. The quantitative estimate of drug-likeness (QED) is 0.644. The number of esters is 1. The Balaban J connectivity index is 2.95. The molecule has 0 fully saturated rings. The lowest BCUT2D eigenvalue weighted by Gasteiger charge is -2.23. The van der Waals surface area contributed by atoms with Gasteiger partial charge in [-0.05, 0) is 38.0 Å². The summed E-state index contributed by atoms with van der Waals surface area (Å²) in [5, 5.41) is 0. The molecule has 1 rings (SSSR count). The second kappa shape index (κ2) is 5.08. The minimum Gasteiger partial charge on any atom is -0.476 e. The van der Waals surface area contributed by atoms with Gasteiger partial charge in [-0.3, -0.25) is 0 Å². The number of hydrogen-bond donors (Lipinski definition) is 1. The fraction of sp³-hybridized carbons (Fsp3) is 0.462. The van der Waals surface area contributed by atoms with E-state index in [9.17, 15) is 4.79 Å². The summed E-state index contributed by atoms with van der Waals surface area (Å²) in [7, 11) is 1.34. The Morgan fingerprint density at radius 1 is 1.35 bits per heavy atom. The Morgan fingerprint density at radius 3 is 2.53 bits per heavy atom. The molecule has 0 aliphatic carbocycles. The SMILES string of the molecule is CCc1cc(N)cc(OC(C)(C)C(=O)OC)c1. The van der Waals surface area contributed by atoms with Gasteiger partial charge >= 0.3 is 5.97 Å². The van der Waals surface area contributed by atoms with Gasteiger partial charge in [0.1, 0.15) is 5.75 Å². The van der Waals surface area contributed by atoms with E-state index in [1.165, 1.54) is 7.11 Å². The molecule has 0 unspecified atom stereocenters. The van der Waals surface area contributed by atoms with E-state index in [2.05, 4.69) is 4.74 Å². The van der Waals surface area contributed by atoms with Gasteiger partial charge in [-0.15, -0.1) is 0 Å². The van der Waals surface area contributed by atoms with Crippen molar-refractivity contribution >= 4 is 11.7 Å². The lowest BCUT2D eigenvalue weighted by atomic mass is 10.1. The van der Waals surface area contributed by atoms with Crippen LogP contribution in [0.1, 0.15) is 26.3 Å². The van der Waals surface area contributed by atoms with Crippen molar-refractivity contribution in [3.05, 3.63) is 23.8 Å². The van der Waals surface area contributed by atoms with Crippen molar-refractivity contribution in [3.63, 3.8) is 0 Å². The highest BCUT2D eigenvalue weighted by Crippen LogP contribution is 2.24. The standard InChI is InChI=1S/C13H19NO3/c1-5-9-6-10(14)8-11(7-9)17-13(2,3)12(15)16-4/h6-8H,5,14H2,1-4H3. The number of methoxy groups -OCH3 is 1. The zero-order chi connectivity index (χ0) is 13.1. The second-order valence-corrected chi connectivity index (χ2v) is 4.37. The summed E-state index contributed by atoms with van der Waals surface area (Å²) in [6, 6.07) is 5.46. The van der Waals surface area contributed by atoms with Crippen LogP contribution in [0.3, 0.4) is 0 Å². The number of rotatable bonds is 4. The van der Waals surface area contributed by atoms with Gasteiger partial charge in [0.25, 0.3) is 0 Å². The number of nitrogens with two attached hydrogens (primary N) is 1. The zero-order valence-electron chi connectivity index (χ0n) is 10.7.